The number of likely N-dealkylation sites (tertiary alicyclic amines) is 2. The average Bonchev–Trinajstić information content (AvgIpc) is 2.74. The summed E-state index contributed by atoms with van der Waals surface area (Å²) in [6, 6.07) is -0.876. The zero-order valence-electron chi connectivity index (χ0n) is 11.3. The van der Waals surface area contributed by atoms with Crippen LogP contribution in [0.4, 0.5) is 4.79 Å². The van der Waals surface area contributed by atoms with Crippen LogP contribution in [0, 0.1) is 0 Å². The molecule has 2 atom stereocenters. The second-order valence-electron chi connectivity index (χ2n) is 5.81. The molecule has 19 heavy (non-hydrogen) atoms. The van der Waals surface area contributed by atoms with Gasteiger partial charge in [-0.05, 0) is 39.0 Å². The summed E-state index contributed by atoms with van der Waals surface area (Å²) in [5, 5.41) is 19.1. The molecule has 2 unspecified atom stereocenters. The highest BCUT2D eigenvalue weighted by Gasteiger charge is 2.37. The molecule has 2 rings (SSSR count). The summed E-state index contributed by atoms with van der Waals surface area (Å²) < 4.78 is 0. The topological polar surface area (TPSA) is 81.1 Å². The number of aliphatic carboxylic acids is 1. The molecule has 0 aromatic carbocycles. The molecule has 108 valence electrons. The highest BCUT2D eigenvalue weighted by molar-refractivity contribution is 5.83. The lowest BCUT2D eigenvalue weighted by Crippen LogP contribution is -2.48. The number of carbonyl (C=O) groups excluding carboxylic acids is 1. The van der Waals surface area contributed by atoms with E-state index in [1.54, 1.807) is 11.8 Å². The third-order valence-electron chi connectivity index (χ3n) is 4.12. The van der Waals surface area contributed by atoms with Crippen molar-refractivity contribution in [3.63, 3.8) is 0 Å². The van der Waals surface area contributed by atoms with Gasteiger partial charge in [-0.25, -0.2) is 9.59 Å². The quantitative estimate of drug-likeness (QED) is 0.741. The number of hydrogen-bond donors (Lipinski definition) is 2. The largest absolute Gasteiger partial charge is 0.480 e. The van der Waals surface area contributed by atoms with Gasteiger partial charge in [0.1, 0.15) is 6.04 Å². The first-order valence-corrected chi connectivity index (χ1v) is 6.91. The van der Waals surface area contributed by atoms with Crippen LogP contribution in [0.5, 0.6) is 0 Å². The van der Waals surface area contributed by atoms with E-state index in [0.29, 0.717) is 38.9 Å². The summed E-state index contributed by atoms with van der Waals surface area (Å²) in [6.45, 7) is 3.39. The number of carboxylic acids is 1. The molecule has 0 aliphatic carbocycles. The van der Waals surface area contributed by atoms with Gasteiger partial charge in [0.05, 0.1) is 5.60 Å². The van der Waals surface area contributed by atoms with Crippen molar-refractivity contribution in [1.29, 1.82) is 0 Å². The first-order chi connectivity index (χ1) is 8.91. The maximum atomic E-state index is 12.4. The van der Waals surface area contributed by atoms with Gasteiger partial charge in [0, 0.05) is 19.6 Å². The van der Waals surface area contributed by atoms with Crippen molar-refractivity contribution >= 4 is 12.0 Å². The van der Waals surface area contributed by atoms with Crippen molar-refractivity contribution < 1.29 is 19.8 Å². The van der Waals surface area contributed by atoms with Crippen LogP contribution in [0.3, 0.4) is 0 Å². The maximum Gasteiger partial charge on any atom is 0.326 e. The number of carboxylic acid groups (broad SMARTS) is 1. The van der Waals surface area contributed by atoms with Crippen molar-refractivity contribution in [3.8, 4) is 0 Å². The summed E-state index contributed by atoms with van der Waals surface area (Å²) in [4.78, 5) is 26.6. The Morgan fingerprint density at radius 2 is 1.89 bits per heavy atom. The van der Waals surface area contributed by atoms with E-state index < -0.39 is 17.6 Å². The van der Waals surface area contributed by atoms with E-state index in [4.69, 9.17) is 5.11 Å². The summed E-state index contributed by atoms with van der Waals surface area (Å²) >= 11 is 0. The molecular formula is C13H22N2O4. The molecule has 0 bridgehead atoms. The maximum absolute atomic E-state index is 12.4. The van der Waals surface area contributed by atoms with Crippen LogP contribution < -0.4 is 0 Å². The molecule has 0 radical (unpaired) electrons. The fourth-order valence-electron chi connectivity index (χ4n) is 2.89. The Morgan fingerprint density at radius 3 is 2.58 bits per heavy atom. The normalized spacial score (nSPS) is 32.2. The number of rotatable bonds is 1. The standard InChI is InChI=1S/C13H22N2O4/c1-13(19)5-3-7-14(9-6-13)12(18)15-8-2-4-10(15)11(16)17/h10,19H,2-9H2,1H3,(H,16,17). The Labute approximate surface area is 113 Å². The van der Waals surface area contributed by atoms with Crippen molar-refractivity contribution in [3.05, 3.63) is 0 Å². The number of hydrogen-bond acceptors (Lipinski definition) is 3. The van der Waals surface area contributed by atoms with E-state index in [1.807, 2.05) is 0 Å². The Bertz CT molecular complexity index is 370. The number of aliphatic hydroxyl groups is 1. The van der Waals surface area contributed by atoms with E-state index in [2.05, 4.69) is 0 Å². The lowest BCUT2D eigenvalue weighted by molar-refractivity contribution is -0.141. The van der Waals surface area contributed by atoms with Crippen LogP contribution >= 0.6 is 0 Å². The second-order valence-corrected chi connectivity index (χ2v) is 5.81. The lowest BCUT2D eigenvalue weighted by atomic mass is 9.98. The zero-order valence-corrected chi connectivity index (χ0v) is 11.3. The van der Waals surface area contributed by atoms with Gasteiger partial charge in [-0.2, -0.15) is 0 Å². The molecule has 6 heteroatoms. The molecule has 0 spiro atoms. The summed E-state index contributed by atoms with van der Waals surface area (Å²) in [7, 11) is 0. The number of amides is 2. The van der Waals surface area contributed by atoms with Gasteiger partial charge >= 0.3 is 12.0 Å². The minimum atomic E-state index is -0.923. The SMILES string of the molecule is CC1(O)CCCN(C(=O)N2CCCC2C(=O)O)CC1. The van der Waals surface area contributed by atoms with Crippen LogP contribution in [0.15, 0.2) is 0 Å². The van der Waals surface area contributed by atoms with E-state index in [-0.39, 0.29) is 6.03 Å². The van der Waals surface area contributed by atoms with Gasteiger partial charge in [0.2, 0.25) is 0 Å². The monoisotopic (exact) mass is 270 g/mol. The predicted octanol–water partition coefficient (Wildman–Crippen LogP) is 0.892. The van der Waals surface area contributed by atoms with Gasteiger partial charge in [0.15, 0.2) is 0 Å². The Morgan fingerprint density at radius 1 is 1.16 bits per heavy atom. The molecule has 2 aliphatic heterocycles. The molecular weight excluding hydrogens is 248 g/mol. The van der Waals surface area contributed by atoms with Crippen molar-refractivity contribution in [1.82, 2.24) is 9.80 Å². The molecule has 2 saturated heterocycles. The molecule has 0 aromatic rings. The van der Waals surface area contributed by atoms with Gasteiger partial charge in [-0.15, -0.1) is 0 Å². The minimum absolute atomic E-state index is 0.192. The first kappa shape index (κ1) is 14.1. The average molecular weight is 270 g/mol. The molecule has 2 aliphatic rings. The van der Waals surface area contributed by atoms with Gasteiger partial charge in [-0.3, -0.25) is 0 Å². The molecule has 2 fully saturated rings. The molecule has 2 heterocycles. The lowest BCUT2D eigenvalue weighted by Gasteiger charge is -2.29. The molecule has 2 N–H and O–H groups in total. The Balaban J connectivity index is 2.01. The molecule has 2 amide bonds. The predicted molar refractivity (Wildman–Crippen MR) is 68.8 cm³/mol. The third kappa shape index (κ3) is 3.18. The number of nitrogens with zero attached hydrogens (tertiary/aromatic N) is 2. The first-order valence-electron chi connectivity index (χ1n) is 6.91. The number of carbonyl (C=O) groups is 2. The fraction of sp³-hybridized carbons (Fsp3) is 0.846. The smallest absolute Gasteiger partial charge is 0.326 e. The van der Waals surface area contributed by atoms with E-state index in [9.17, 15) is 14.7 Å². The van der Waals surface area contributed by atoms with Gasteiger partial charge in [0.25, 0.3) is 0 Å². The van der Waals surface area contributed by atoms with E-state index >= 15 is 0 Å². The zero-order chi connectivity index (χ0) is 14.0. The van der Waals surface area contributed by atoms with Crippen LogP contribution in [0.2, 0.25) is 0 Å². The summed E-state index contributed by atoms with van der Waals surface area (Å²) in [6.07, 6.45) is 3.26. The van der Waals surface area contributed by atoms with Gasteiger partial charge in [-0.1, -0.05) is 0 Å². The van der Waals surface area contributed by atoms with Crippen LogP contribution in [0.25, 0.3) is 0 Å². The highest BCUT2D eigenvalue weighted by atomic mass is 16.4. The minimum Gasteiger partial charge on any atom is -0.480 e. The van der Waals surface area contributed by atoms with Crippen LogP contribution in [-0.4, -0.2) is 63.3 Å². The Hall–Kier alpha value is -1.30. The molecule has 6 nitrogen and oxygen atoms in total. The van der Waals surface area contributed by atoms with Crippen molar-refractivity contribution in [2.75, 3.05) is 19.6 Å². The van der Waals surface area contributed by atoms with Crippen LogP contribution in [0.1, 0.15) is 39.0 Å². The number of urea groups is 1. The van der Waals surface area contributed by atoms with E-state index in [0.717, 1.165) is 12.8 Å². The summed E-state index contributed by atoms with van der Waals surface area (Å²) in [5.74, 6) is -0.923. The van der Waals surface area contributed by atoms with Crippen molar-refractivity contribution in [2.24, 2.45) is 0 Å². The summed E-state index contributed by atoms with van der Waals surface area (Å²) in [5.41, 5.74) is -0.716. The van der Waals surface area contributed by atoms with E-state index in [1.165, 1.54) is 4.90 Å². The Kier molecular flexibility index (Phi) is 3.99. The molecule has 0 saturated carbocycles. The van der Waals surface area contributed by atoms with Gasteiger partial charge < -0.3 is 20.0 Å². The second kappa shape index (κ2) is 5.36. The molecule has 0 aromatic heterocycles. The fourth-order valence-corrected chi connectivity index (χ4v) is 2.89. The van der Waals surface area contributed by atoms with Crippen molar-refractivity contribution in [2.45, 2.75) is 50.7 Å². The highest BCUT2D eigenvalue weighted by Crippen LogP contribution is 2.24. The van der Waals surface area contributed by atoms with Crippen LogP contribution in [-0.2, 0) is 4.79 Å². The third-order valence-corrected chi connectivity index (χ3v) is 4.12.